The molecule has 1 aromatic carbocycles. The van der Waals surface area contributed by atoms with E-state index in [-0.39, 0.29) is 12.1 Å². The molecule has 0 saturated heterocycles. The zero-order valence-corrected chi connectivity index (χ0v) is 12.0. The van der Waals surface area contributed by atoms with Crippen LogP contribution in [0.1, 0.15) is 54.5 Å². The van der Waals surface area contributed by atoms with Crippen molar-refractivity contribution in [3.8, 4) is 5.75 Å². The number of nitrogens with one attached hydrogen (secondary N) is 1. The molecule has 3 heteroatoms. The molecule has 2 unspecified atom stereocenters. The van der Waals surface area contributed by atoms with Crippen molar-refractivity contribution in [2.45, 2.75) is 45.2 Å². The maximum atomic E-state index is 9.71. The minimum Gasteiger partial charge on any atom is -0.508 e. The van der Waals surface area contributed by atoms with E-state index >= 15 is 0 Å². The first-order valence-electron chi connectivity index (χ1n) is 7.27. The summed E-state index contributed by atoms with van der Waals surface area (Å²) in [5.74, 6) is 2.25. The van der Waals surface area contributed by atoms with Gasteiger partial charge in [0, 0.05) is 6.04 Å². The van der Waals surface area contributed by atoms with Gasteiger partial charge in [-0.05, 0) is 68.5 Å². The highest BCUT2D eigenvalue weighted by Gasteiger charge is 2.23. The van der Waals surface area contributed by atoms with Crippen LogP contribution in [0.5, 0.6) is 5.75 Å². The monoisotopic (exact) mass is 271 g/mol. The van der Waals surface area contributed by atoms with Gasteiger partial charge in [0.15, 0.2) is 0 Å². The minimum atomic E-state index is 0.169. The van der Waals surface area contributed by atoms with Crippen molar-refractivity contribution in [3.05, 3.63) is 53.0 Å². The van der Waals surface area contributed by atoms with Crippen molar-refractivity contribution >= 4 is 0 Å². The van der Waals surface area contributed by atoms with Gasteiger partial charge in [-0.2, -0.15) is 0 Å². The Kier molecular flexibility index (Phi) is 3.53. The van der Waals surface area contributed by atoms with Gasteiger partial charge in [-0.25, -0.2) is 0 Å². The van der Waals surface area contributed by atoms with Crippen molar-refractivity contribution < 1.29 is 9.52 Å². The third kappa shape index (κ3) is 2.59. The maximum Gasteiger partial charge on any atom is 0.120 e. The zero-order chi connectivity index (χ0) is 14.1. The van der Waals surface area contributed by atoms with E-state index in [0.717, 1.165) is 24.4 Å². The quantitative estimate of drug-likeness (QED) is 0.886. The molecule has 1 aliphatic rings. The maximum absolute atomic E-state index is 9.71. The summed E-state index contributed by atoms with van der Waals surface area (Å²) in [6, 6.07) is 10.2. The van der Waals surface area contributed by atoms with Crippen molar-refractivity contribution in [1.82, 2.24) is 5.32 Å². The topological polar surface area (TPSA) is 45.4 Å². The average molecular weight is 271 g/mol. The van der Waals surface area contributed by atoms with Crippen LogP contribution in [-0.2, 0) is 6.42 Å². The highest BCUT2D eigenvalue weighted by molar-refractivity contribution is 5.38. The smallest absolute Gasteiger partial charge is 0.120 e. The number of aryl methyl sites for hydroxylation is 2. The molecule has 0 aliphatic heterocycles. The molecule has 2 aromatic rings. The molecule has 0 fully saturated rings. The fourth-order valence-electron chi connectivity index (χ4n) is 3.03. The lowest BCUT2D eigenvalue weighted by Gasteiger charge is -2.28. The molecule has 20 heavy (non-hydrogen) atoms. The van der Waals surface area contributed by atoms with E-state index < -0.39 is 0 Å². The summed E-state index contributed by atoms with van der Waals surface area (Å²) in [5.41, 5.74) is 2.57. The first-order chi connectivity index (χ1) is 9.63. The predicted octanol–water partition coefficient (Wildman–Crippen LogP) is 4.02. The molecule has 3 nitrogen and oxygen atoms in total. The molecule has 0 amide bonds. The SMILES string of the molecule is Cc1ccc(C(C)NC2CCCc3ccc(O)cc32)o1. The summed E-state index contributed by atoms with van der Waals surface area (Å²) in [5, 5.41) is 13.3. The highest BCUT2D eigenvalue weighted by atomic mass is 16.3. The van der Waals surface area contributed by atoms with Crippen LogP contribution in [0, 0.1) is 6.92 Å². The molecule has 1 aliphatic carbocycles. The summed E-state index contributed by atoms with van der Waals surface area (Å²) in [4.78, 5) is 0. The van der Waals surface area contributed by atoms with Crippen LogP contribution >= 0.6 is 0 Å². The van der Waals surface area contributed by atoms with E-state index in [4.69, 9.17) is 4.42 Å². The van der Waals surface area contributed by atoms with Crippen LogP contribution in [-0.4, -0.2) is 5.11 Å². The standard InChI is InChI=1S/C17H21NO2/c1-11-6-9-17(20-11)12(2)18-16-5-3-4-13-7-8-14(19)10-15(13)16/h6-10,12,16,18-19H,3-5H2,1-2H3. The van der Waals surface area contributed by atoms with E-state index in [2.05, 4.69) is 12.2 Å². The van der Waals surface area contributed by atoms with Crippen molar-refractivity contribution in [1.29, 1.82) is 0 Å². The summed E-state index contributed by atoms with van der Waals surface area (Å²) >= 11 is 0. The molecular formula is C17H21NO2. The molecule has 0 radical (unpaired) electrons. The minimum absolute atomic E-state index is 0.169. The van der Waals surface area contributed by atoms with Gasteiger partial charge >= 0.3 is 0 Å². The number of rotatable bonds is 3. The molecule has 2 atom stereocenters. The number of phenols is 1. The Balaban J connectivity index is 1.80. The van der Waals surface area contributed by atoms with Crippen molar-refractivity contribution in [2.24, 2.45) is 0 Å². The molecule has 1 heterocycles. The normalized spacial score (nSPS) is 19.6. The summed E-state index contributed by atoms with van der Waals surface area (Å²) in [7, 11) is 0. The number of phenolic OH excluding ortho intramolecular Hbond substituents is 1. The molecule has 0 bridgehead atoms. The van der Waals surface area contributed by atoms with E-state index in [1.807, 2.05) is 31.2 Å². The van der Waals surface area contributed by atoms with Crippen LogP contribution in [0.3, 0.4) is 0 Å². The fraction of sp³-hybridized carbons (Fsp3) is 0.412. The number of aromatic hydroxyl groups is 1. The Morgan fingerprint density at radius 1 is 1.30 bits per heavy atom. The lowest BCUT2D eigenvalue weighted by molar-refractivity contribution is 0.360. The average Bonchev–Trinajstić information content (AvgIpc) is 2.86. The first-order valence-corrected chi connectivity index (χ1v) is 7.27. The summed E-state index contributed by atoms with van der Waals surface area (Å²) < 4.78 is 5.69. The Hall–Kier alpha value is -1.74. The summed E-state index contributed by atoms with van der Waals surface area (Å²) in [6.07, 6.45) is 3.38. The molecule has 1 aromatic heterocycles. The van der Waals surface area contributed by atoms with Crippen LogP contribution in [0.4, 0.5) is 0 Å². The second-order valence-corrected chi connectivity index (χ2v) is 5.66. The van der Waals surface area contributed by atoms with Gasteiger partial charge in [0.2, 0.25) is 0 Å². The molecule has 0 spiro atoms. The Bertz CT molecular complexity index is 603. The number of furan rings is 1. The second-order valence-electron chi connectivity index (χ2n) is 5.66. The van der Waals surface area contributed by atoms with Gasteiger partial charge in [0.05, 0.1) is 6.04 Å². The number of hydrogen-bond donors (Lipinski definition) is 2. The highest BCUT2D eigenvalue weighted by Crippen LogP contribution is 2.33. The fourth-order valence-corrected chi connectivity index (χ4v) is 3.03. The Morgan fingerprint density at radius 3 is 2.90 bits per heavy atom. The zero-order valence-electron chi connectivity index (χ0n) is 12.0. The Morgan fingerprint density at radius 2 is 2.15 bits per heavy atom. The van der Waals surface area contributed by atoms with Gasteiger partial charge in [0.25, 0.3) is 0 Å². The Labute approximate surface area is 119 Å². The second kappa shape index (κ2) is 5.33. The lowest BCUT2D eigenvalue weighted by atomic mass is 9.87. The van der Waals surface area contributed by atoms with Gasteiger partial charge in [-0.15, -0.1) is 0 Å². The van der Waals surface area contributed by atoms with Crippen LogP contribution in [0.2, 0.25) is 0 Å². The van der Waals surface area contributed by atoms with Gasteiger partial charge in [-0.1, -0.05) is 6.07 Å². The molecule has 3 rings (SSSR count). The van der Waals surface area contributed by atoms with Crippen LogP contribution in [0.15, 0.2) is 34.7 Å². The first kappa shape index (κ1) is 13.3. The van der Waals surface area contributed by atoms with E-state index in [1.54, 1.807) is 6.07 Å². The van der Waals surface area contributed by atoms with Crippen LogP contribution in [0.25, 0.3) is 0 Å². The molecule has 2 N–H and O–H groups in total. The van der Waals surface area contributed by atoms with Gasteiger partial charge in [-0.3, -0.25) is 0 Å². The number of hydrogen-bond acceptors (Lipinski definition) is 3. The number of fused-ring (bicyclic) bond motifs is 1. The largest absolute Gasteiger partial charge is 0.508 e. The predicted molar refractivity (Wildman–Crippen MR) is 78.8 cm³/mol. The third-order valence-electron chi connectivity index (χ3n) is 4.08. The van der Waals surface area contributed by atoms with E-state index in [0.29, 0.717) is 5.75 Å². The lowest BCUT2D eigenvalue weighted by Crippen LogP contribution is -2.27. The van der Waals surface area contributed by atoms with Crippen molar-refractivity contribution in [3.63, 3.8) is 0 Å². The molecule has 0 saturated carbocycles. The third-order valence-corrected chi connectivity index (χ3v) is 4.08. The van der Waals surface area contributed by atoms with Crippen LogP contribution < -0.4 is 5.32 Å². The summed E-state index contributed by atoms with van der Waals surface area (Å²) in [6.45, 7) is 4.08. The van der Waals surface area contributed by atoms with Crippen molar-refractivity contribution in [2.75, 3.05) is 0 Å². The molecule has 106 valence electrons. The van der Waals surface area contributed by atoms with E-state index in [9.17, 15) is 5.11 Å². The number of benzene rings is 1. The van der Waals surface area contributed by atoms with Gasteiger partial charge < -0.3 is 14.8 Å². The molecular weight excluding hydrogens is 250 g/mol. The van der Waals surface area contributed by atoms with Gasteiger partial charge in [0.1, 0.15) is 17.3 Å². The van der Waals surface area contributed by atoms with E-state index in [1.165, 1.54) is 17.5 Å².